The van der Waals surface area contributed by atoms with E-state index in [9.17, 15) is 4.79 Å². The predicted octanol–water partition coefficient (Wildman–Crippen LogP) is 8.40. The number of ether oxygens (including phenoxy) is 2. The summed E-state index contributed by atoms with van der Waals surface area (Å²) in [5.41, 5.74) is 0.771. The van der Waals surface area contributed by atoms with E-state index in [2.05, 4.69) is 19.2 Å². The summed E-state index contributed by atoms with van der Waals surface area (Å²) >= 11 is 0. The number of allylic oxidation sites excluding steroid dienone is 1. The summed E-state index contributed by atoms with van der Waals surface area (Å²) in [6.07, 6.45) is 29.3. The van der Waals surface area contributed by atoms with Gasteiger partial charge < -0.3 is 14.0 Å². The monoisotopic (exact) mass is 459 g/mol. The second-order valence-electron chi connectivity index (χ2n) is 9.69. The Kier molecular flexibility index (Phi) is 15.0. The highest BCUT2D eigenvalue weighted by Crippen LogP contribution is 2.20. The molecular formula is C29H49NO3. The van der Waals surface area contributed by atoms with Gasteiger partial charge >= 0.3 is 0 Å². The lowest BCUT2D eigenvalue weighted by molar-refractivity contribution is -0.106. The maximum absolute atomic E-state index is 12.3. The van der Waals surface area contributed by atoms with Gasteiger partial charge in [0.2, 0.25) is 5.43 Å². The first-order valence-electron chi connectivity index (χ1n) is 13.9. The largest absolute Gasteiger partial charge is 0.459 e. The highest BCUT2D eigenvalue weighted by molar-refractivity contribution is 5.35. The number of hydrogen-bond donors (Lipinski definition) is 0. The van der Waals surface area contributed by atoms with E-state index in [-0.39, 0.29) is 11.7 Å². The van der Waals surface area contributed by atoms with Gasteiger partial charge in [-0.25, -0.2) is 0 Å². The van der Waals surface area contributed by atoms with Crippen molar-refractivity contribution in [2.24, 2.45) is 0 Å². The average molecular weight is 460 g/mol. The number of pyridine rings is 1. The van der Waals surface area contributed by atoms with E-state index in [4.69, 9.17) is 9.47 Å². The molecule has 0 spiro atoms. The number of unbranched alkanes of at least 4 members (excludes halogenated alkanes) is 14. The van der Waals surface area contributed by atoms with E-state index < -0.39 is 0 Å². The summed E-state index contributed by atoms with van der Waals surface area (Å²) in [6, 6.07) is 1.59. The molecular weight excluding hydrogens is 410 g/mol. The van der Waals surface area contributed by atoms with Crippen molar-refractivity contribution in [2.45, 2.75) is 136 Å². The normalized spacial score (nSPS) is 16.5. The van der Waals surface area contributed by atoms with Gasteiger partial charge in [0.25, 0.3) is 0 Å². The van der Waals surface area contributed by atoms with Crippen LogP contribution >= 0.6 is 0 Å². The molecule has 1 saturated heterocycles. The molecule has 1 fully saturated rings. The standard InChI is InChI=1S/C29H49NO3/c1-3-4-5-6-7-8-9-10-11-12-13-14-15-16-17-19-23-30-24-22-27(31)29(26(30)2)33-28-21-18-20-25-32-28/h19,22-24,28H,3-18,20-21,25H2,1-2H3. The molecule has 0 N–H and O–H groups in total. The van der Waals surface area contributed by atoms with Crippen molar-refractivity contribution in [1.82, 2.24) is 4.57 Å². The van der Waals surface area contributed by atoms with Crippen LogP contribution < -0.4 is 10.2 Å². The van der Waals surface area contributed by atoms with Gasteiger partial charge in [0, 0.05) is 24.9 Å². The van der Waals surface area contributed by atoms with Crippen LogP contribution in [0.15, 0.2) is 23.1 Å². The van der Waals surface area contributed by atoms with Gasteiger partial charge in [-0.2, -0.15) is 0 Å². The Morgan fingerprint density at radius 1 is 0.939 bits per heavy atom. The van der Waals surface area contributed by atoms with Gasteiger partial charge in [-0.05, 0) is 32.6 Å². The zero-order chi connectivity index (χ0) is 23.6. The molecule has 2 heterocycles. The molecule has 1 aliphatic heterocycles. The van der Waals surface area contributed by atoms with Gasteiger partial charge in [0.1, 0.15) is 0 Å². The molecule has 2 rings (SSSR count). The van der Waals surface area contributed by atoms with Crippen molar-refractivity contribution in [1.29, 1.82) is 0 Å². The summed E-state index contributed by atoms with van der Waals surface area (Å²) in [5.74, 6) is 0.422. The first-order chi connectivity index (χ1) is 16.2. The van der Waals surface area contributed by atoms with Crippen molar-refractivity contribution in [2.75, 3.05) is 6.61 Å². The molecule has 0 saturated carbocycles. The Labute approximate surface area is 202 Å². The van der Waals surface area contributed by atoms with Crippen molar-refractivity contribution < 1.29 is 9.47 Å². The summed E-state index contributed by atoms with van der Waals surface area (Å²) in [5, 5.41) is 0. The Morgan fingerprint density at radius 2 is 1.55 bits per heavy atom. The molecule has 0 bridgehead atoms. The molecule has 33 heavy (non-hydrogen) atoms. The SMILES string of the molecule is CCCCCCCCCCCCCCCCC=Cn1ccc(=O)c(OC2CCCCO2)c1C. The molecule has 4 nitrogen and oxygen atoms in total. The Bertz CT molecular complexity index is 703. The van der Waals surface area contributed by atoms with Gasteiger partial charge in [-0.3, -0.25) is 4.79 Å². The molecule has 4 heteroatoms. The summed E-state index contributed by atoms with van der Waals surface area (Å²) < 4.78 is 13.5. The van der Waals surface area contributed by atoms with E-state index in [0.717, 1.165) is 31.4 Å². The first kappa shape index (κ1) is 27.7. The van der Waals surface area contributed by atoms with Crippen LogP contribution in [0.25, 0.3) is 6.20 Å². The highest BCUT2D eigenvalue weighted by atomic mass is 16.7. The maximum Gasteiger partial charge on any atom is 0.223 e. The molecule has 0 aromatic carbocycles. The zero-order valence-corrected chi connectivity index (χ0v) is 21.5. The second kappa shape index (κ2) is 17.9. The van der Waals surface area contributed by atoms with E-state index >= 15 is 0 Å². The minimum atomic E-state index is -0.291. The van der Waals surface area contributed by atoms with Gasteiger partial charge in [0.05, 0.1) is 12.3 Å². The van der Waals surface area contributed by atoms with E-state index in [1.165, 1.54) is 89.9 Å². The summed E-state index contributed by atoms with van der Waals surface area (Å²) in [4.78, 5) is 12.3. The fourth-order valence-electron chi connectivity index (χ4n) is 4.52. The van der Waals surface area contributed by atoms with Crippen LogP contribution in [0.5, 0.6) is 5.75 Å². The molecule has 1 aromatic rings. The molecule has 0 aliphatic carbocycles. The molecule has 1 atom stereocenters. The number of rotatable bonds is 18. The predicted molar refractivity (Wildman–Crippen MR) is 140 cm³/mol. The quantitative estimate of drug-likeness (QED) is 0.207. The lowest BCUT2D eigenvalue weighted by Crippen LogP contribution is -2.28. The highest BCUT2D eigenvalue weighted by Gasteiger charge is 2.18. The van der Waals surface area contributed by atoms with Gasteiger partial charge in [0.15, 0.2) is 12.0 Å². The minimum absolute atomic E-state index is 0.0710. The third-order valence-electron chi connectivity index (χ3n) is 6.70. The van der Waals surface area contributed by atoms with Crippen LogP contribution in [0.1, 0.15) is 128 Å². The van der Waals surface area contributed by atoms with Crippen LogP contribution in [-0.2, 0) is 4.74 Å². The lowest BCUT2D eigenvalue weighted by Gasteiger charge is -2.24. The van der Waals surface area contributed by atoms with E-state index in [0.29, 0.717) is 12.4 Å². The van der Waals surface area contributed by atoms with Crippen LogP contribution in [0.3, 0.4) is 0 Å². The topological polar surface area (TPSA) is 40.5 Å². The third kappa shape index (κ3) is 11.9. The molecule has 0 amide bonds. The number of nitrogens with zero attached hydrogens (tertiary/aromatic N) is 1. The molecule has 1 aromatic heterocycles. The van der Waals surface area contributed by atoms with Crippen molar-refractivity contribution >= 4 is 6.20 Å². The van der Waals surface area contributed by atoms with E-state index in [1.807, 2.05) is 17.7 Å². The molecule has 1 unspecified atom stereocenters. The first-order valence-corrected chi connectivity index (χ1v) is 13.9. The molecule has 188 valence electrons. The maximum atomic E-state index is 12.3. The fourth-order valence-corrected chi connectivity index (χ4v) is 4.52. The summed E-state index contributed by atoms with van der Waals surface area (Å²) in [6.45, 7) is 4.94. The van der Waals surface area contributed by atoms with Crippen LogP contribution in [0, 0.1) is 6.92 Å². The van der Waals surface area contributed by atoms with Crippen LogP contribution in [-0.4, -0.2) is 17.5 Å². The lowest BCUT2D eigenvalue weighted by atomic mass is 10.0. The van der Waals surface area contributed by atoms with Gasteiger partial charge in [-0.15, -0.1) is 0 Å². The van der Waals surface area contributed by atoms with Crippen molar-refractivity contribution in [3.05, 3.63) is 34.3 Å². The Balaban J connectivity index is 1.52. The second-order valence-corrected chi connectivity index (χ2v) is 9.69. The van der Waals surface area contributed by atoms with Crippen LogP contribution in [0.2, 0.25) is 0 Å². The third-order valence-corrected chi connectivity index (χ3v) is 6.70. The molecule has 0 radical (unpaired) electrons. The van der Waals surface area contributed by atoms with E-state index in [1.54, 1.807) is 6.07 Å². The number of aromatic nitrogens is 1. The Hall–Kier alpha value is -1.55. The van der Waals surface area contributed by atoms with Crippen molar-refractivity contribution in [3.63, 3.8) is 0 Å². The summed E-state index contributed by atoms with van der Waals surface area (Å²) in [7, 11) is 0. The Morgan fingerprint density at radius 3 is 2.12 bits per heavy atom. The minimum Gasteiger partial charge on any atom is -0.459 e. The average Bonchev–Trinajstić information content (AvgIpc) is 2.83. The van der Waals surface area contributed by atoms with Gasteiger partial charge in [-0.1, -0.05) is 96.5 Å². The van der Waals surface area contributed by atoms with Crippen LogP contribution in [0.4, 0.5) is 0 Å². The molecule has 1 aliphatic rings. The van der Waals surface area contributed by atoms with Crippen molar-refractivity contribution in [3.8, 4) is 5.75 Å². The zero-order valence-electron chi connectivity index (χ0n) is 21.5. The number of hydrogen-bond acceptors (Lipinski definition) is 3. The fraction of sp³-hybridized carbons (Fsp3) is 0.759. The smallest absolute Gasteiger partial charge is 0.223 e.